The fourth-order valence-electron chi connectivity index (χ4n) is 2.82. The molecule has 10 heteroatoms. The van der Waals surface area contributed by atoms with Gasteiger partial charge < -0.3 is 14.8 Å². The molecule has 0 aliphatic heterocycles. The van der Waals surface area contributed by atoms with E-state index < -0.39 is 6.03 Å². The number of ether oxygens (including phenoxy) is 2. The topological polar surface area (TPSA) is 123 Å². The van der Waals surface area contributed by atoms with Gasteiger partial charge in [0.15, 0.2) is 0 Å². The summed E-state index contributed by atoms with van der Waals surface area (Å²) in [6.45, 7) is 7.71. The fraction of sp³-hybridized carbons (Fsp3) is 0.333. The van der Waals surface area contributed by atoms with E-state index in [0.29, 0.717) is 28.7 Å². The van der Waals surface area contributed by atoms with Crippen molar-refractivity contribution in [3.8, 4) is 17.4 Å². The molecule has 3 rings (SSSR count). The zero-order valence-corrected chi connectivity index (χ0v) is 18.4. The van der Waals surface area contributed by atoms with Gasteiger partial charge in [0.2, 0.25) is 5.95 Å². The number of anilines is 2. The van der Waals surface area contributed by atoms with Gasteiger partial charge in [-0.15, -0.1) is 0 Å². The molecule has 0 saturated heterocycles. The van der Waals surface area contributed by atoms with Crippen molar-refractivity contribution in [1.82, 2.24) is 19.7 Å². The van der Waals surface area contributed by atoms with E-state index in [0.717, 1.165) is 5.69 Å². The zero-order chi connectivity index (χ0) is 22.8. The number of amides is 2. The van der Waals surface area contributed by atoms with E-state index in [4.69, 9.17) is 9.47 Å². The van der Waals surface area contributed by atoms with Gasteiger partial charge in [-0.05, 0) is 6.92 Å². The van der Waals surface area contributed by atoms with Crippen molar-refractivity contribution in [2.45, 2.75) is 33.1 Å². The van der Waals surface area contributed by atoms with Gasteiger partial charge in [0, 0.05) is 47.1 Å². The van der Waals surface area contributed by atoms with Crippen molar-refractivity contribution in [2.24, 2.45) is 0 Å². The van der Waals surface area contributed by atoms with Crippen LogP contribution in [0.4, 0.5) is 16.3 Å². The smallest absolute Gasteiger partial charge is 0.324 e. The number of hydrogen-bond acceptors (Lipinski definition) is 6. The molecule has 0 unspecified atom stereocenters. The SMILES string of the molecule is COc1cc(NC(=O)Nc2cc(C(C)(C)C)nn2-c2nc(C)cc(=O)[nH]2)cc(OC)c1. The highest BCUT2D eigenvalue weighted by atomic mass is 16.5. The van der Waals surface area contributed by atoms with Crippen LogP contribution in [0.3, 0.4) is 0 Å². The van der Waals surface area contributed by atoms with Gasteiger partial charge >= 0.3 is 6.03 Å². The minimum absolute atomic E-state index is 0.207. The lowest BCUT2D eigenvalue weighted by Crippen LogP contribution is -2.22. The number of H-pyrrole nitrogens is 1. The fourth-order valence-corrected chi connectivity index (χ4v) is 2.82. The lowest BCUT2D eigenvalue weighted by atomic mass is 9.92. The van der Waals surface area contributed by atoms with Gasteiger partial charge in [0.05, 0.1) is 19.9 Å². The molecule has 0 fully saturated rings. The molecule has 2 amide bonds. The first-order valence-corrected chi connectivity index (χ1v) is 9.59. The van der Waals surface area contributed by atoms with Crippen LogP contribution >= 0.6 is 0 Å². The Balaban J connectivity index is 1.94. The normalized spacial score (nSPS) is 11.2. The molecule has 0 aliphatic rings. The number of aromatic amines is 1. The second kappa shape index (κ2) is 8.50. The average Bonchev–Trinajstić information content (AvgIpc) is 3.11. The maximum absolute atomic E-state index is 12.7. The minimum Gasteiger partial charge on any atom is -0.497 e. The Labute approximate surface area is 179 Å². The Kier molecular flexibility index (Phi) is 6.00. The summed E-state index contributed by atoms with van der Waals surface area (Å²) in [7, 11) is 3.06. The van der Waals surface area contributed by atoms with Gasteiger partial charge in [0.25, 0.3) is 5.56 Å². The number of aryl methyl sites for hydroxylation is 1. The van der Waals surface area contributed by atoms with Crippen LogP contribution in [0.25, 0.3) is 5.95 Å². The van der Waals surface area contributed by atoms with Gasteiger partial charge in [-0.1, -0.05) is 20.8 Å². The quantitative estimate of drug-likeness (QED) is 0.576. The van der Waals surface area contributed by atoms with E-state index in [1.807, 2.05) is 20.8 Å². The summed E-state index contributed by atoms with van der Waals surface area (Å²) >= 11 is 0. The van der Waals surface area contributed by atoms with Gasteiger partial charge in [-0.3, -0.25) is 15.1 Å². The highest BCUT2D eigenvalue weighted by Crippen LogP contribution is 2.27. The molecule has 3 N–H and O–H groups in total. The van der Waals surface area contributed by atoms with E-state index >= 15 is 0 Å². The number of hydrogen-bond donors (Lipinski definition) is 3. The summed E-state index contributed by atoms with van der Waals surface area (Å²) in [5, 5.41) is 10.1. The van der Waals surface area contributed by atoms with E-state index in [2.05, 4.69) is 25.7 Å². The second-order valence-corrected chi connectivity index (χ2v) is 7.97. The maximum Gasteiger partial charge on any atom is 0.324 e. The Morgan fingerprint density at radius 1 is 1.03 bits per heavy atom. The zero-order valence-electron chi connectivity index (χ0n) is 18.4. The first-order chi connectivity index (χ1) is 14.6. The first-order valence-electron chi connectivity index (χ1n) is 9.59. The Morgan fingerprint density at radius 3 is 2.23 bits per heavy atom. The van der Waals surface area contributed by atoms with Gasteiger partial charge in [0.1, 0.15) is 17.3 Å². The molecule has 1 aromatic carbocycles. The Morgan fingerprint density at radius 2 is 1.68 bits per heavy atom. The molecular formula is C21H26N6O4. The van der Waals surface area contributed by atoms with E-state index in [1.54, 1.807) is 31.2 Å². The monoisotopic (exact) mass is 426 g/mol. The number of methoxy groups -OCH3 is 2. The number of benzene rings is 1. The molecule has 164 valence electrons. The lowest BCUT2D eigenvalue weighted by molar-refractivity contribution is 0.262. The van der Waals surface area contributed by atoms with E-state index in [-0.39, 0.29) is 16.9 Å². The number of urea groups is 1. The largest absolute Gasteiger partial charge is 0.497 e. The predicted octanol–water partition coefficient (Wildman–Crippen LogP) is 3.22. The Bertz CT molecular complexity index is 1140. The molecule has 31 heavy (non-hydrogen) atoms. The number of carbonyl (C=O) groups excluding carboxylic acids is 1. The van der Waals surface area contributed by atoms with Crippen LogP contribution < -0.4 is 25.7 Å². The number of nitrogens with zero attached hydrogens (tertiary/aromatic N) is 3. The molecule has 2 heterocycles. The second-order valence-electron chi connectivity index (χ2n) is 7.97. The van der Waals surface area contributed by atoms with Crippen LogP contribution in [-0.2, 0) is 5.41 Å². The average molecular weight is 426 g/mol. The Hall–Kier alpha value is -3.82. The van der Waals surface area contributed by atoms with Crippen LogP contribution in [0.1, 0.15) is 32.2 Å². The summed E-state index contributed by atoms with van der Waals surface area (Å²) in [5.41, 5.74) is 1.13. The highest BCUT2D eigenvalue weighted by molar-refractivity contribution is 5.99. The number of carbonyl (C=O) groups is 1. The van der Waals surface area contributed by atoms with Crippen molar-refractivity contribution in [3.05, 3.63) is 52.1 Å². The number of aromatic nitrogens is 4. The first kappa shape index (κ1) is 21.9. The number of nitrogens with one attached hydrogen (secondary N) is 3. The molecular weight excluding hydrogens is 400 g/mol. The summed E-state index contributed by atoms with van der Waals surface area (Å²) < 4.78 is 11.9. The summed E-state index contributed by atoms with van der Waals surface area (Å²) in [5.74, 6) is 1.64. The third kappa shape index (κ3) is 5.21. The number of rotatable bonds is 5. The predicted molar refractivity (Wildman–Crippen MR) is 118 cm³/mol. The van der Waals surface area contributed by atoms with Crippen LogP contribution in [0.15, 0.2) is 35.1 Å². The third-order valence-electron chi connectivity index (χ3n) is 4.39. The molecule has 0 aliphatic carbocycles. The molecule has 3 aromatic rings. The van der Waals surface area contributed by atoms with Crippen molar-refractivity contribution in [2.75, 3.05) is 24.9 Å². The molecule has 0 saturated carbocycles. The summed E-state index contributed by atoms with van der Waals surface area (Å²) in [6.07, 6.45) is 0. The third-order valence-corrected chi connectivity index (χ3v) is 4.39. The van der Waals surface area contributed by atoms with Crippen LogP contribution in [0.2, 0.25) is 0 Å². The summed E-state index contributed by atoms with van der Waals surface area (Å²) in [4.78, 5) is 31.6. The van der Waals surface area contributed by atoms with Crippen LogP contribution in [0.5, 0.6) is 11.5 Å². The maximum atomic E-state index is 12.7. The molecule has 0 atom stereocenters. The summed E-state index contributed by atoms with van der Waals surface area (Å²) in [6, 6.07) is 7.65. The highest BCUT2D eigenvalue weighted by Gasteiger charge is 2.22. The van der Waals surface area contributed by atoms with Crippen LogP contribution in [0, 0.1) is 6.92 Å². The van der Waals surface area contributed by atoms with Crippen molar-refractivity contribution in [1.29, 1.82) is 0 Å². The molecule has 10 nitrogen and oxygen atoms in total. The molecule has 0 bridgehead atoms. The van der Waals surface area contributed by atoms with E-state index in [9.17, 15) is 9.59 Å². The van der Waals surface area contributed by atoms with Crippen molar-refractivity contribution >= 4 is 17.5 Å². The minimum atomic E-state index is -0.507. The van der Waals surface area contributed by atoms with Gasteiger partial charge in [-0.25, -0.2) is 9.78 Å². The van der Waals surface area contributed by atoms with Crippen LogP contribution in [-0.4, -0.2) is 40.0 Å². The molecule has 2 aromatic heterocycles. The van der Waals surface area contributed by atoms with Crippen molar-refractivity contribution < 1.29 is 14.3 Å². The molecule has 0 radical (unpaired) electrons. The molecule has 0 spiro atoms. The van der Waals surface area contributed by atoms with Gasteiger partial charge in [-0.2, -0.15) is 9.78 Å². The standard InChI is InChI=1S/C21H26N6O4/c1-12-7-18(28)25-19(22-12)27-17(11-16(26-27)21(2,3)4)24-20(29)23-13-8-14(30-5)10-15(9-13)31-6/h7-11H,1-6H3,(H,22,25,28)(H2,23,24,29). The van der Waals surface area contributed by atoms with E-state index in [1.165, 1.54) is 25.0 Å². The van der Waals surface area contributed by atoms with Crippen molar-refractivity contribution in [3.63, 3.8) is 0 Å². The lowest BCUT2D eigenvalue weighted by Gasteiger charge is -2.13.